The number of amides is 1. The normalized spacial score (nSPS) is 23.2. The zero-order valence-electron chi connectivity index (χ0n) is 18.6. The molecule has 0 radical (unpaired) electrons. The lowest BCUT2D eigenvalue weighted by Crippen LogP contribution is -2.52. The fourth-order valence-electron chi connectivity index (χ4n) is 5.22. The van der Waals surface area contributed by atoms with Crippen molar-refractivity contribution in [3.63, 3.8) is 0 Å². The van der Waals surface area contributed by atoms with Crippen molar-refractivity contribution in [2.24, 2.45) is 11.7 Å². The third-order valence-corrected chi connectivity index (χ3v) is 8.15. The molecule has 2 aliphatic rings. The van der Waals surface area contributed by atoms with E-state index in [2.05, 4.69) is 4.72 Å². The predicted molar refractivity (Wildman–Crippen MR) is 121 cm³/mol. The fraction of sp³-hybridized carbons (Fsp3) is 0.458. The Balaban J connectivity index is 1.33. The minimum Gasteiger partial charge on any atom is -0.336 e. The van der Waals surface area contributed by atoms with Gasteiger partial charge in [0.05, 0.1) is 12.3 Å². The molecule has 2 aromatic carbocycles. The van der Waals surface area contributed by atoms with E-state index in [4.69, 9.17) is 5.73 Å². The van der Waals surface area contributed by atoms with Gasteiger partial charge in [0.25, 0.3) is 0 Å². The molecule has 10 heteroatoms. The van der Waals surface area contributed by atoms with Crippen LogP contribution in [-0.4, -0.2) is 43.9 Å². The number of piperidine rings is 1. The monoisotopic (exact) mass is 495 g/mol. The summed E-state index contributed by atoms with van der Waals surface area (Å²) in [6.45, 7) is -0.307. The van der Waals surface area contributed by atoms with Crippen LogP contribution >= 0.6 is 0 Å². The summed E-state index contributed by atoms with van der Waals surface area (Å²) in [5.74, 6) is -3.66. The first-order valence-electron chi connectivity index (χ1n) is 11.3. The van der Waals surface area contributed by atoms with Crippen LogP contribution in [0.4, 0.5) is 13.2 Å². The standard InChI is InChI=1S/C24H28F3N3O3S/c25-20-12-22(27)21(26)10-16(20)11-23(28)17-8-18-6-7-19(9-17)30(18)24(31)13-29-34(32,33)14-15-4-2-1-3-5-15/h1-5,10,12,17-19,23,29H,6-9,11,13-14,28H2/t17?,18-,19+,23-/m1/s1. The Hall–Kier alpha value is -2.43. The number of nitrogens with two attached hydrogens (primary N) is 1. The summed E-state index contributed by atoms with van der Waals surface area (Å²) < 4.78 is 67.9. The summed E-state index contributed by atoms with van der Waals surface area (Å²) in [6, 6.07) is 9.49. The fourth-order valence-corrected chi connectivity index (χ4v) is 6.30. The van der Waals surface area contributed by atoms with Crippen LogP contribution in [0.1, 0.15) is 36.8 Å². The van der Waals surface area contributed by atoms with Crippen molar-refractivity contribution < 1.29 is 26.4 Å². The maximum absolute atomic E-state index is 14.0. The number of carbonyl (C=O) groups is 1. The lowest BCUT2D eigenvalue weighted by atomic mass is 9.82. The van der Waals surface area contributed by atoms with Gasteiger partial charge in [-0.2, -0.15) is 0 Å². The van der Waals surface area contributed by atoms with E-state index in [-0.39, 0.29) is 48.2 Å². The number of nitrogens with one attached hydrogen (secondary N) is 1. The predicted octanol–water partition coefficient (Wildman–Crippen LogP) is 2.86. The minimum atomic E-state index is -3.66. The average Bonchev–Trinajstić information content (AvgIpc) is 3.05. The Morgan fingerprint density at radius 1 is 1.03 bits per heavy atom. The van der Waals surface area contributed by atoms with Crippen molar-refractivity contribution in [2.75, 3.05) is 6.54 Å². The van der Waals surface area contributed by atoms with Gasteiger partial charge in [0.15, 0.2) is 11.6 Å². The summed E-state index contributed by atoms with van der Waals surface area (Å²) in [5.41, 5.74) is 6.99. The van der Waals surface area contributed by atoms with Crippen LogP contribution in [0.25, 0.3) is 0 Å². The highest BCUT2D eigenvalue weighted by molar-refractivity contribution is 7.88. The van der Waals surface area contributed by atoms with Gasteiger partial charge in [0, 0.05) is 24.2 Å². The van der Waals surface area contributed by atoms with Crippen molar-refractivity contribution >= 4 is 15.9 Å². The van der Waals surface area contributed by atoms with E-state index in [0.29, 0.717) is 24.5 Å². The molecule has 3 N–H and O–H groups in total. The first-order valence-corrected chi connectivity index (χ1v) is 13.0. The van der Waals surface area contributed by atoms with Crippen molar-refractivity contribution in [2.45, 2.75) is 56.0 Å². The number of carbonyl (C=O) groups excluding carboxylic acids is 1. The minimum absolute atomic E-state index is 0.0103. The van der Waals surface area contributed by atoms with Crippen molar-refractivity contribution in [3.8, 4) is 0 Å². The summed E-state index contributed by atoms with van der Waals surface area (Å²) >= 11 is 0. The molecule has 4 rings (SSSR count). The number of halogens is 3. The smallest absolute Gasteiger partial charge is 0.238 e. The van der Waals surface area contributed by atoms with Gasteiger partial charge in [0.1, 0.15) is 5.82 Å². The Labute approximate surface area is 197 Å². The van der Waals surface area contributed by atoms with E-state index in [1.165, 1.54) is 0 Å². The maximum atomic E-state index is 14.0. The van der Waals surface area contributed by atoms with Gasteiger partial charge in [-0.05, 0) is 55.2 Å². The van der Waals surface area contributed by atoms with Gasteiger partial charge in [-0.1, -0.05) is 30.3 Å². The molecule has 2 saturated heterocycles. The molecule has 1 amide bonds. The van der Waals surface area contributed by atoms with Crippen LogP contribution in [0, 0.1) is 23.4 Å². The summed E-state index contributed by atoms with van der Waals surface area (Å²) in [6.07, 6.45) is 2.85. The van der Waals surface area contributed by atoms with Gasteiger partial charge in [-0.25, -0.2) is 26.3 Å². The van der Waals surface area contributed by atoms with E-state index in [0.717, 1.165) is 18.9 Å². The summed E-state index contributed by atoms with van der Waals surface area (Å²) in [4.78, 5) is 14.6. The van der Waals surface area contributed by atoms with E-state index >= 15 is 0 Å². The number of sulfonamides is 1. The molecule has 1 unspecified atom stereocenters. The number of nitrogens with zero attached hydrogens (tertiary/aromatic N) is 1. The molecule has 184 valence electrons. The highest BCUT2D eigenvalue weighted by Gasteiger charge is 2.44. The topological polar surface area (TPSA) is 92.5 Å². The van der Waals surface area contributed by atoms with Crippen LogP contribution in [0.2, 0.25) is 0 Å². The first kappa shape index (κ1) is 24.7. The second-order valence-electron chi connectivity index (χ2n) is 9.21. The Morgan fingerprint density at radius 2 is 1.65 bits per heavy atom. The van der Waals surface area contributed by atoms with Crippen LogP contribution in [0.5, 0.6) is 0 Å². The van der Waals surface area contributed by atoms with Crippen molar-refractivity contribution in [1.82, 2.24) is 9.62 Å². The molecule has 2 aliphatic heterocycles. The Kier molecular flexibility index (Phi) is 7.30. The lowest BCUT2D eigenvalue weighted by Gasteiger charge is -2.41. The zero-order chi connectivity index (χ0) is 24.5. The number of hydrogen-bond acceptors (Lipinski definition) is 4. The third-order valence-electron chi connectivity index (χ3n) is 6.85. The Morgan fingerprint density at radius 3 is 2.29 bits per heavy atom. The van der Waals surface area contributed by atoms with E-state index in [1.54, 1.807) is 35.2 Å². The molecule has 0 saturated carbocycles. The van der Waals surface area contributed by atoms with Gasteiger partial charge in [-0.3, -0.25) is 4.79 Å². The molecule has 2 fully saturated rings. The quantitative estimate of drug-likeness (QED) is 0.551. The Bertz CT molecular complexity index is 1130. The first-order chi connectivity index (χ1) is 16.1. The number of fused-ring (bicyclic) bond motifs is 2. The second-order valence-corrected chi connectivity index (χ2v) is 11.0. The molecule has 0 spiro atoms. The second kappa shape index (κ2) is 10.1. The van der Waals surface area contributed by atoms with Gasteiger partial charge in [0.2, 0.25) is 15.9 Å². The van der Waals surface area contributed by atoms with Crippen LogP contribution in [0.15, 0.2) is 42.5 Å². The van der Waals surface area contributed by atoms with Crippen LogP contribution in [-0.2, 0) is 27.0 Å². The lowest BCUT2D eigenvalue weighted by molar-refractivity contribution is -0.135. The molecule has 0 aliphatic carbocycles. The highest BCUT2D eigenvalue weighted by atomic mass is 32.2. The van der Waals surface area contributed by atoms with Crippen molar-refractivity contribution in [3.05, 3.63) is 71.0 Å². The molecule has 34 heavy (non-hydrogen) atoms. The van der Waals surface area contributed by atoms with E-state index in [1.807, 2.05) is 0 Å². The number of rotatable bonds is 8. The SMILES string of the molecule is N[C@H](Cc1cc(F)c(F)cc1F)C1C[C@H]2CC[C@@H](C1)N2C(=O)CNS(=O)(=O)Cc1ccccc1. The van der Waals surface area contributed by atoms with Gasteiger partial charge >= 0.3 is 0 Å². The largest absolute Gasteiger partial charge is 0.336 e. The summed E-state index contributed by atoms with van der Waals surface area (Å²) in [7, 11) is -3.66. The van der Waals surface area contributed by atoms with E-state index < -0.39 is 33.5 Å². The molecule has 2 heterocycles. The molecule has 2 bridgehead atoms. The van der Waals surface area contributed by atoms with Gasteiger partial charge < -0.3 is 10.6 Å². The van der Waals surface area contributed by atoms with E-state index in [9.17, 15) is 26.4 Å². The molecule has 4 atom stereocenters. The maximum Gasteiger partial charge on any atom is 0.238 e. The molecular weight excluding hydrogens is 467 g/mol. The van der Waals surface area contributed by atoms with Crippen LogP contribution in [0.3, 0.4) is 0 Å². The summed E-state index contributed by atoms with van der Waals surface area (Å²) in [5, 5.41) is 0. The molecule has 6 nitrogen and oxygen atoms in total. The van der Waals surface area contributed by atoms with Gasteiger partial charge in [-0.15, -0.1) is 0 Å². The number of benzene rings is 2. The van der Waals surface area contributed by atoms with Crippen molar-refractivity contribution in [1.29, 1.82) is 0 Å². The zero-order valence-corrected chi connectivity index (χ0v) is 19.4. The van der Waals surface area contributed by atoms with Crippen LogP contribution < -0.4 is 10.5 Å². The average molecular weight is 496 g/mol. The molecule has 2 aromatic rings. The molecular formula is C24H28F3N3O3S. The third kappa shape index (κ3) is 5.61. The number of hydrogen-bond donors (Lipinski definition) is 2. The highest BCUT2D eigenvalue weighted by Crippen LogP contribution is 2.40. The molecule has 0 aromatic heterocycles.